The maximum absolute atomic E-state index is 11.7. The molecule has 0 aliphatic heterocycles. The molecule has 5 heteroatoms. The third-order valence-electron chi connectivity index (χ3n) is 2.82. The first-order valence-corrected chi connectivity index (χ1v) is 7.04. The maximum Gasteiger partial charge on any atom is 0.251 e. The lowest BCUT2D eigenvalue weighted by Crippen LogP contribution is -2.17. The lowest BCUT2D eigenvalue weighted by molar-refractivity contribution is -0.116. The number of amides is 2. The predicted octanol–water partition coefficient (Wildman–Crippen LogP) is 2.85. The van der Waals surface area contributed by atoms with Gasteiger partial charge in [0.25, 0.3) is 5.91 Å². The van der Waals surface area contributed by atoms with Crippen molar-refractivity contribution in [2.75, 3.05) is 5.32 Å². The number of nitrogens with two attached hydrogens (primary N) is 1. The van der Waals surface area contributed by atoms with Crippen LogP contribution in [0.5, 0.6) is 0 Å². The number of nitrogens with one attached hydrogen (secondary N) is 1. The Morgan fingerprint density at radius 1 is 1.33 bits per heavy atom. The van der Waals surface area contributed by atoms with Gasteiger partial charge in [0.2, 0.25) is 5.91 Å². The first-order valence-electron chi connectivity index (χ1n) is 6.23. The molecule has 1 aromatic heterocycles. The minimum absolute atomic E-state index is 0.0525. The van der Waals surface area contributed by atoms with E-state index in [-0.39, 0.29) is 5.91 Å². The van der Waals surface area contributed by atoms with E-state index in [1.807, 2.05) is 20.8 Å². The Morgan fingerprint density at radius 2 is 2.00 bits per heavy atom. The summed E-state index contributed by atoms with van der Waals surface area (Å²) in [6.07, 6.45) is 3.04. The summed E-state index contributed by atoms with van der Waals surface area (Å²) in [5.41, 5.74) is 6.82. The molecule has 0 spiro atoms. The van der Waals surface area contributed by atoms with E-state index in [1.165, 1.54) is 11.3 Å². The number of primary amides is 1. The van der Waals surface area contributed by atoms with Gasteiger partial charge in [-0.15, -0.1) is 11.3 Å². The van der Waals surface area contributed by atoms with Gasteiger partial charge in [0.1, 0.15) is 5.00 Å². The van der Waals surface area contributed by atoms with Crippen LogP contribution in [0.15, 0.2) is 0 Å². The summed E-state index contributed by atoms with van der Waals surface area (Å²) in [6, 6.07) is 0. The molecule has 100 valence electrons. The summed E-state index contributed by atoms with van der Waals surface area (Å²) in [4.78, 5) is 24.2. The summed E-state index contributed by atoms with van der Waals surface area (Å²) in [5, 5.41) is 3.40. The van der Waals surface area contributed by atoms with Crippen LogP contribution < -0.4 is 11.1 Å². The lowest BCUT2D eigenvalue weighted by atomic mass is 10.1. The van der Waals surface area contributed by atoms with Gasteiger partial charge in [-0.25, -0.2) is 0 Å². The largest absolute Gasteiger partial charge is 0.365 e. The van der Waals surface area contributed by atoms with Crippen LogP contribution in [0.4, 0.5) is 5.00 Å². The summed E-state index contributed by atoms with van der Waals surface area (Å²) in [6.45, 7) is 5.95. The molecular weight excluding hydrogens is 248 g/mol. The van der Waals surface area contributed by atoms with Crippen molar-refractivity contribution in [2.45, 2.75) is 46.5 Å². The van der Waals surface area contributed by atoms with Gasteiger partial charge in [-0.1, -0.05) is 20.3 Å². The zero-order chi connectivity index (χ0) is 13.7. The molecule has 2 amide bonds. The average molecular weight is 268 g/mol. The molecule has 0 saturated heterocycles. The van der Waals surface area contributed by atoms with Crippen LogP contribution in [0.3, 0.4) is 0 Å². The molecule has 4 nitrogen and oxygen atoms in total. The highest BCUT2D eigenvalue weighted by Gasteiger charge is 2.20. The van der Waals surface area contributed by atoms with Crippen LogP contribution in [0.2, 0.25) is 0 Å². The third kappa shape index (κ3) is 3.32. The van der Waals surface area contributed by atoms with Crippen LogP contribution in [-0.2, 0) is 11.2 Å². The minimum Gasteiger partial charge on any atom is -0.365 e. The number of carbonyl (C=O) groups excluding carboxylic acids is 2. The molecule has 0 aliphatic rings. The second kappa shape index (κ2) is 6.54. The monoisotopic (exact) mass is 268 g/mol. The van der Waals surface area contributed by atoms with Crippen molar-refractivity contribution in [3.8, 4) is 0 Å². The summed E-state index contributed by atoms with van der Waals surface area (Å²) >= 11 is 1.42. The maximum atomic E-state index is 11.7. The molecule has 0 atom stereocenters. The molecule has 0 unspecified atom stereocenters. The van der Waals surface area contributed by atoms with E-state index in [0.717, 1.165) is 29.7 Å². The van der Waals surface area contributed by atoms with E-state index in [9.17, 15) is 9.59 Å². The fourth-order valence-electron chi connectivity index (χ4n) is 1.88. The van der Waals surface area contributed by atoms with Crippen molar-refractivity contribution in [3.63, 3.8) is 0 Å². The van der Waals surface area contributed by atoms with Gasteiger partial charge in [-0.2, -0.15) is 0 Å². The zero-order valence-corrected chi connectivity index (χ0v) is 11.9. The Kier molecular flexibility index (Phi) is 5.34. The van der Waals surface area contributed by atoms with Crippen LogP contribution >= 0.6 is 11.3 Å². The van der Waals surface area contributed by atoms with Gasteiger partial charge in [-0.05, 0) is 25.3 Å². The van der Waals surface area contributed by atoms with Gasteiger partial charge in [0.05, 0.1) is 5.56 Å². The number of hydrogen-bond donors (Lipinski definition) is 2. The van der Waals surface area contributed by atoms with Crippen molar-refractivity contribution in [2.24, 2.45) is 5.73 Å². The predicted molar refractivity (Wildman–Crippen MR) is 75.1 cm³/mol. The third-order valence-corrected chi connectivity index (χ3v) is 3.88. The summed E-state index contributed by atoms with van der Waals surface area (Å²) < 4.78 is 0. The Morgan fingerprint density at radius 3 is 2.50 bits per heavy atom. The van der Waals surface area contributed by atoms with E-state index in [2.05, 4.69) is 5.32 Å². The molecule has 0 aliphatic carbocycles. The van der Waals surface area contributed by atoms with E-state index in [4.69, 9.17) is 5.73 Å². The highest BCUT2D eigenvalue weighted by molar-refractivity contribution is 7.16. The van der Waals surface area contributed by atoms with Gasteiger partial charge in [0.15, 0.2) is 0 Å². The van der Waals surface area contributed by atoms with Crippen LogP contribution in [0.25, 0.3) is 0 Å². The van der Waals surface area contributed by atoms with Gasteiger partial charge < -0.3 is 11.1 Å². The number of anilines is 1. The van der Waals surface area contributed by atoms with E-state index >= 15 is 0 Å². The normalized spacial score (nSPS) is 10.4. The van der Waals surface area contributed by atoms with E-state index in [1.54, 1.807) is 0 Å². The Balaban J connectivity index is 2.95. The van der Waals surface area contributed by atoms with Crippen molar-refractivity contribution in [1.29, 1.82) is 0 Å². The topological polar surface area (TPSA) is 72.2 Å². The molecule has 0 bridgehead atoms. The molecule has 1 heterocycles. The Labute approximate surface area is 112 Å². The first-order chi connectivity index (χ1) is 8.51. The van der Waals surface area contributed by atoms with Crippen LogP contribution in [0, 0.1) is 6.92 Å². The Bertz CT molecular complexity index is 452. The second-order valence-corrected chi connectivity index (χ2v) is 5.44. The fourth-order valence-corrected chi connectivity index (χ4v) is 3.05. The minimum atomic E-state index is -0.470. The van der Waals surface area contributed by atoms with E-state index < -0.39 is 5.91 Å². The number of thiophene rings is 1. The second-order valence-electron chi connectivity index (χ2n) is 4.21. The fraction of sp³-hybridized carbons (Fsp3) is 0.538. The molecule has 0 saturated carbocycles. The van der Waals surface area contributed by atoms with Crippen molar-refractivity contribution < 1.29 is 9.59 Å². The Hall–Kier alpha value is -1.36. The quantitative estimate of drug-likeness (QED) is 0.832. The van der Waals surface area contributed by atoms with E-state index in [0.29, 0.717) is 17.0 Å². The highest BCUT2D eigenvalue weighted by atomic mass is 32.1. The number of unbranched alkanes of at least 4 members (excludes halogenated alkanes) is 1. The standard InChI is InChI=1S/C13H20N2O2S/c1-4-6-7-10(16)15-13-11(12(14)17)9(5-2)8(3)18-13/h4-7H2,1-3H3,(H2,14,17)(H,15,16). The first kappa shape index (κ1) is 14.7. The zero-order valence-electron chi connectivity index (χ0n) is 11.1. The number of rotatable bonds is 6. The van der Waals surface area contributed by atoms with Gasteiger partial charge in [-0.3, -0.25) is 9.59 Å². The molecular formula is C13H20N2O2S. The number of carbonyl (C=O) groups is 2. The van der Waals surface area contributed by atoms with Crippen molar-refractivity contribution in [3.05, 3.63) is 16.0 Å². The number of hydrogen-bond acceptors (Lipinski definition) is 3. The summed E-state index contributed by atoms with van der Waals surface area (Å²) in [5.74, 6) is -0.523. The SMILES string of the molecule is CCCCC(=O)Nc1sc(C)c(CC)c1C(N)=O. The molecule has 0 aromatic carbocycles. The molecule has 0 fully saturated rings. The molecule has 1 aromatic rings. The smallest absolute Gasteiger partial charge is 0.251 e. The van der Waals surface area contributed by atoms with Gasteiger partial charge >= 0.3 is 0 Å². The van der Waals surface area contributed by atoms with Crippen molar-refractivity contribution in [1.82, 2.24) is 0 Å². The van der Waals surface area contributed by atoms with Crippen LogP contribution in [-0.4, -0.2) is 11.8 Å². The van der Waals surface area contributed by atoms with Gasteiger partial charge in [0, 0.05) is 11.3 Å². The molecule has 18 heavy (non-hydrogen) atoms. The van der Waals surface area contributed by atoms with Crippen LogP contribution in [0.1, 0.15) is 53.9 Å². The molecule has 1 rings (SSSR count). The summed E-state index contributed by atoms with van der Waals surface area (Å²) in [7, 11) is 0. The highest BCUT2D eigenvalue weighted by Crippen LogP contribution is 2.33. The van der Waals surface area contributed by atoms with Crippen molar-refractivity contribution >= 4 is 28.2 Å². The lowest BCUT2D eigenvalue weighted by Gasteiger charge is -2.05. The average Bonchev–Trinajstić information content (AvgIpc) is 2.62. The number of aryl methyl sites for hydroxylation is 1. The molecule has 0 radical (unpaired) electrons. The molecule has 3 N–H and O–H groups in total.